The van der Waals surface area contributed by atoms with E-state index in [-0.39, 0.29) is 23.6 Å². The van der Waals surface area contributed by atoms with Gasteiger partial charge in [-0.1, -0.05) is 11.6 Å². The molecule has 1 aromatic rings. The lowest BCUT2D eigenvalue weighted by molar-refractivity contribution is -0.142. The number of halogens is 3. The molecule has 0 saturated carbocycles. The van der Waals surface area contributed by atoms with E-state index in [1.165, 1.54) is 12.3 Å². The Morgan fingerprint density at radius 3 is 2.88 bits per heavy atom. The van der Waals surface area contributed by atoms with Crippen molar-refractivity contribution in [1.29, 1.82) is 0 Å². The van der Waals surface area contributed by atoms with Crippen molar-refractivity contribution < 1.29 is 18.3 Å². The van der Waals surface area contributed by atoms with Crippen LogP contribution in [0, 0.1) is 0 Å². The third-order valence-corrected chi connectivity index (χ3v) is 2.22. The third kappa shape index (κ3) is 3.13. The van der Waals surface area contributed by atoms with Crippen LogP contribution in [0.1, 0.15) is 24.6 Å². The predicted octanol–water partition coefficient (Wildman–Crippen LogP) is 2.78. The number of pyridine rings is 1. The van der Waals surface area contributed by atoms with Gasteiger partial charge in [0.15, 0.2) is 0 Å². The number of aromatic nitrogens is 1. The maximum atomic E-state index is 12.6. The minimum atomic E-state index is -2.76. The normalized spacial score (nSPS) is 10.6. The summed E-state index contributed by atoms with van der Waals surface area (Å²) < 4.78 is 29.8. The van der Waals surface area contributed by atoms with E-state index in [2.05, 4.69) is 9.72 Å². The summed E-state index contributed by atoms with van der Waals surface area (Å²) in [6.45, 7) is 1.83. The zero-order valence-corrected chi connectivity index (χ0v) is 9.30. The predicted molar refractivity (Wildman–Crippen MR) is 54.5 cm³/mol. The molecule has 0 saturated heterocycles. The molecule has 0 aliphatic heterocycles. The van der Waals surface area contributed by atoms with Gasteiger partial charge in [-0.15, -0.1) is 0 Å². The standard InChI is InChI=1S/C10H10ClF2NO2/c1-2-16-8(15)5-6-7(11)3-4-14-9(6)10(12)13/h3-4,10H,2,5H2,1H3. The number of hydrogen-bond donors (Lipinski definition) is 0. The Bertz CT molecular complexity index is 385. The molecule has 0 aromatic carbocycles. The van der Waals surface area contributed by atoms with Gasteiger partial charge in [0, 0.05) is 16.8 Å². The molecule has 1 aromatic heterocycles. The molecule has 0 fully saturated rings. The van der Waals surface area contributed by atoms with E-state index in [0.29, 0.717) is 0 Å². The maximum Gasteiger partial charge on any atom is 0.310 e. The molecule has 0 amide bonds. The molecule has 0 atom stereocenters. The zero-order valence-electron chi connectivity index (χ0n) is 8.54. The number of carbonyl (C=O) groups excluding carboxylic acids is 1. The zero-order chi connectivity index (χ0) is 12.1. The smallest absolute Gasteiger partial charge is 0.310 e. The van der Waals surface area contributed by atoms with Crippen LogP contribution >= 0.6 is 11.6 Å². The molecule has 0 aliphatic carbocycles. The second kappa shape index (κ2) is 5.75. The van der Waals surface area contributed by atoms with Gasteiger partial charge in [0.1, 0.15) is 5.69 Å². The molecule has 0 bridgehead atoms. The van der Waals surface area contributed by atoms with E-state index in [4.69, 9.17) is 11.6 Å². The van der Waals surface area contributed by atoms with Gasteiger partial charge in [-0.3, -0.25) is 9.78 Å². The number of rotatable bonds is 4. The molecular formula is C10H10ClF2NO2. The van der Waals surface area contributed by atoms with Gasteiger partial charge in [0.05, 0.1) is 13.0 Å². The summed E-state index contributed by atoms with van der Waals surface area (Å²) in [5, 5.41) is 0.0957. The lowest BCUT2D eigenvalue weighted by Crippen LogP contribution is -2.11. The first-order valence-electron chi connectivity index (χ1n) is 4.63. The fourth-order valence-corrected chi connectivity index (χ4v) is 1.42. The lowest BCUT2D eigenvalue weighted by Gasteiger charge is -2.08. The molecule has 6 heteroatoms. The first-order valence-corrected chi connectivity index (χ1v) is 5.01. The maximum absolute atomic E-state index is 12.6. The molecule has 0 aliphatic rings. The summed E-state index contributed by atoms with van der Waals surface area (Å²) in [4.78, 5) is 14.7. The van der Waals surface area contributed by atoms with E-state index in [1.807, 2.05) is 0 Å². The summed E-state index contributed by atoms with van der Waals surface area (Å²) in [6.07, 6.45) is -1.87. The number of alkyl halides is 2. The Kier molecular flexibility index (Phi) is 4.61. The number of esters is 1. The highest BCUT2D eigenvalue weighted by atomic mass is 35.5. The first kappa shape index (κ1) is 12.8. The lowest BCUT2D eigenvalue weighted by atomic mass is 10.1. The van der Waals surface area contributed by atoms with Gasteiger partial charge < -0.3 is 4.74 Å². The van der Waals surface area contributed by atoms with Crippen molar-refractivity contribution in [2.75, 3.05) is 6.61 Å². The first-order chi connectivity index (χ1) is 7.56. The minimum absolute atomic E-state index is 0.0256. The molecule has 16 heavy (non-hydrogen) atoms. The van der Waals surface area contributed by atoms with Crippen LogP contribution in [0.15, 0.2) is 12.3 Å². The molecule has 0 unspecified atom stereocenters. The highest BCUT2D eigenvalue weighted by molar-refractivity contribution is 6.31. The fourth-order valence-electron chi connectivity index (χ4n) is 1.20. The Morgan fingerprint density at radius 2 is 2.31 bits per heavy atom. The van der Waals surface area contributed by atoms with Crippen molar-refractivity contribution in [3.8, 4) is 0 Å². The van der Waals surface area contributed by atoms with Crippen LogP contribution in [-0.2, 0) is 16.0 Å². The number of ether oxygens (including phenoxy) is 1. The Balaban J connectivity index is 2.97. The van der Waals surface area contributed by atoms with E-state index >= 15 is 0 Å². The summed E-state index contributed by atoms with van der Waals surface area (Å²) in [5.74, 6) is -0.598. The van der Waals surface area contributed by atoms with E-state index in [9.17, 15) is 13.6 Å². The van der Waals surface area contributed by atoms with Crippen LogP contribution in [0.3, 0.4) is 0 Å². The summed E-state index contributed by atoms with van der Waals surface area (Å²) in [6, 6.07) is 1.36. The quantitative estimate of drug-likeness (QED) is 0.771. The van der Waals surface area contributed by atoms with Crippen molar-refractivity contribution in [3.63, 3.8) is 0 Å². The number of carbonyl (C=O) groups is 1. The molecule has 1 heterocycles. The summed E-state index contributed by atoms with van der Waals surface area (Å²) in [5.41, 5.74) is -0.446. The van der Waals surface area contributed by atoms with E-state index in [0.717, 1.165) is 0 Å². The van der Waals surface area contributed by atoms with Crippen LogP contribution < -0.4 is 0 Å². The van der Waals surface area contributed by atoms with Gasteiger partial charge in [-0.2, -0.15) is 0 Å². The molecule has 3 nitrogen and oxygen atoms in total. The number of hydrogen-bond acceptors (Lipinski definition) is 3. The molecule has 0 spiro atoms. The van der Waals surface area contributed by atoms with E-state index < -0.39 is 18.1 Å². The van der Waals surface area contributed by atoms with E-state index in [1.54, 1.807) is 6.92 Å². The van der Waals surface area contributed by atoms with Crippen LogP contribution in [0.4, 0.5) is 8.78 Å². The average Bonchev–Trinajstić information content (AvgIpc) is 2.21. The topological polar surface area (TPSA) is 39.2 Å². The van der Waals surface area contributed by atoms with Crippen LogP contribution in [0.25, 0.3) is 0 Å². The highest BCUT2D eigenvalue weighted by Gasteiger charge is 2.19. The van der Waals surface area contributed by atoms with Gasteiger partial charge in [0.25, 0.3) is 6.43 Å². The summed E-state index contributed by atoms with van der Waals surface area (Å²) >= 11 is 5.74. The second-order valence-corrected chi connectivity index (χ2v) is 3.35. The van der Waals surface area contributed by atoms with Gasteiger partial charge in [-0.05, 0) is 13.0 Å². The van der Waals surface area contributed by atoms with Crippen LogP contribution in [0.5, 0.6) is 0 Å². The molecule has 0 radical (unpaired) electrons. The molecule has 88 valence electrons. The fraction of sp³-hybridized carbons (Fsp3) is 0.400. The van der Waals surface area contributed by atoms with Crippen molar-refractivity contribution in [2.45, 2.75) is 19.8 Å². The Morgan fingerprint density at radius 1 is 1.62 bits per heavy atom. The van der Waals surface area contributed by atoms with Crippen molar-refractivity contribution in [2.24, 2.45) is 0 Å². The van der Waals surface area contributed by atoms with Crippen LogP contribution in [-0.4, -0.2) is 17.6 Å². The van der Waals surface area contributed by atoms with Gasteiger partial charge in [0.2, 0.25) is 0 Å². The Hall–Kier alpha value is -1.23. The summed E-state index contributed by atoms with van der Waals surface area (Å²) in [7, 11) is 0. The minimum Gasteiger partial charge on any atom is -0.466 e. The molecule has 1 rings (SSSR count). The largest absolute Gasteiger partial charge is 0.466 e. The second-order valence-electron chi connectivity index (χ2n) is 2.94. The van der Waals surface area contributed by atoms with Crippen LogP contribution in [0.2, 0.25) is 5.02 Å². The molecular weight excluding hydrogens is 240 g/mol. The van der Waals surface area contributed by atoms with Crippen molar-refractivity contribution in [3.05, 3.63) is 28.5 Å². The SMILES string of the molecule is CCOC(=O)Cc1c(Cl)ccnc1C(F)F. The third-order valence-electron chi connectivity index (χ3n) is 1.87. The monoisotopic (exact) mass is 249 g/mol. The average molecular weight is 250 g/mol. The number of nitrogens with zero attached hydrogens (tertiary/aromatic N) is 1. The van der Waals surface area contributed by atoms with Gasteiger partial charge >= 0.3 is 5.97 Å². The van der Waals surface area contributed by atoms with Crippen molar-refractivity contribution in [1.82, 2.24) is 4.98 Å². The highest BCUT2D eigenvalue weighted by Crippen LogP contribution is 2.26. The van der Waals surface area contributed by atoms with Crippen molar-refractivity contribution >= 4 is 17.6 Å². The molecule has 0 N–H and O–H groups in total. The van der Waals surface area contributed by atoms with Gasteiger partial charge in [-0.25, -0.2) is 8.78 Å². The Labute approximate surface area is 96.4 Å².